The van der Waals surface area contributed by atoms with Crippen molar-refractivity contribution in [1.29, 1.82) is 0 Å². The molecule has 154 valence electrons. The topological polar surface area (TPSA) is 74.8 Å². The lowest BCUT2D eigenvalue weighted by Gasteiger charge is -2.36. The van der Waals surface area contributed by atoms with E-state index in [1.807, 2.05) is 10.3 Å². The van der Waals surface area contributed by atoms with Crippen LogP contribution in [0.1, 0.15) is 32.9 Å². The fourth-order valence-electron chi connectivity index (χ4n) is 3.96. The second-order valence-corrected chi connectivity index (χ2v) is 8.44. The minimum Gasteiger partial charge on any atom is -0.379 e. The standard InChI is InChI=1S/C21H26N4O3S/c26-20(17-3-6-22-7-4-17)23-18-5-13-29-19(18)21(27)25-8-1-2-16(15-25)14-24-9-11-28-12-10-24/h3-7,13,16H,1-2,8-12,14-15H2,(H,23,26). The van der Waals surface area contributed by atoms with Gasteiger partial charge in [-0.25, -0.2) is 0 Å². The Balaban J connectivity index is 1.39. The van der Waals surface area contributed by atoms with Crippen LogP contribution >= 0.6 is 11.3 Å². The van der Waals surface area contributed by atoms with Crippen LogP contribution in [0.2, 0.25) is 0 Å². The van der Waals surface area contributed by atoms with Crippen LogP contribution in [0.3, 0.4) is 0 Å². The molecule has 0 aliphatic carbocycles. The van der Waals surface area contributed by atoms with Crippen molar-refractivity contribution in [3.63, 3.8) is 0 Å². The fourth-order valence-corrected chi connectivity index (χ4v) is 4.78. The molecule has 2 aromatic rings. The van der Waals surface area contributed by atoms with Crippen LogP contribution in [-0.4, -0.2) is 72.5 Å². The van der Waals surface area contributed by atoms with Gasteiger partial charge in [-0.2, -0.15) is 0 Å². The van der Waals surface area contributed by atoms with E-state index in [0.717, 1.165) is 58.8 Å². The van der Waals surface area contributed by atoms with E-state index in [-0.39, 0.29) is 11.8 Å². The summed E-state index contributed by atoms with van der Waals surface area (Å²) in [6, 6.07) is 5.11. The summed E-state index contributed by atoms with van der Waals surface area (Å²) >= 11 is 1.38. The third kappa shape index (κ3) is 5.01. The summed E-state index contributed by atoms with van der Waals surface area (Å²) in [5, 5.41) is 4.73. The molecule has 4 heterocycles. The summed E-state index contributed by atoms with van der Waals surface area (Å²) in [4.78, 5) is 34.6. The van der Waals surface area contributed by atoms with E-state index in [9.17, 15) is 9.59 Å². The highest BCUT2D eigenvalue weighted by Gasteiger charge is 2.28. The molecule has 1 N–H and O–H groups in total. The first-order chi connectivity index (χ1) is 14.2. The molecule has 2 aromatic heterocycles. The molecule has 7 nitrogen and oxygen atoms in total. The normalized spacial score (nSPS) is 20.4. The Morgan fingerprint density at radius 1 is 1.17 bits per heavy atom. The molecular weight excluding hydrogens is 388 g/mol. The summed E-state index contributed by atoms with van der Waals surface area (Å²) in [6.07, 6.45) is 5.33. The highest BCUT2D eigenvalue weighted by Crippen LogP contribution is 2.27. The number of aromatic nitrogens is 1. The van der Waals surface area contributed by atoms with Crippen LogP contribution in [0.4, 0.5) is 5.69 Å². The highest BCUT2D eigenvalue weighted by molar-refractivity contribution is 7.12. The molecule has 2 amide bonds. The molecule has 4 rings (SSSR count). The van der Waals surface area contributed by atoms with Crippen molar-refractivity contribution < 1.29 is 14.3 Å². The van der Waals surface area contributed by atoms with Crippen LogP contribution in [0.15, 0.2) is 36.0 Å². The number of thiophene rings is 1. The highest BCUT2D eigenvalue weighted by atomic mass is 32.1. The number of likely N-dealkylation sites (tertiary alicyclic amines) is 1. The lowest BCUT2D eigenvalue weighted by atomic mass is 9.97. The first-order valence-electron chi connectivity index (χ1n) is 10.1. The fraction of sp³-hybridized carbons (Fsp3) is 0.476. The lowest BCUT2D eigenvalue weighted by Crippen LogP contribution is -2.46. The summed E-state index contributed by atoms with van der Waals surface area (Å²) in [5.41, 5.74) is 1.10. The number of amides is 2. The van der Waals surface area contributed by atoms with Crippen LogP contribution in [0.5, 0.6) is 0 Å². The van der Waals surface area contributed by atoms with Gasteiger partial charge >= 0.3 is 0 Å². The smallest absolute Gasteiger partial charge is 0.266 e. The zero-order chi connectivity index (χ0) is 20.1. The largest absolute Gasteiger partial charge is 0.379 e. The number of hydrogen-bond acceptors (Lipinski definition) is 6. The number of nitrogens with one attached hydrogen (secondary N) is 1. The zero-order valence-corrected chi connectivity index (χ0v) is 17.2. The lowest BCUT2D eigenvalue weighted by molar-refractivity contribution is 0.0224. The maximum Gasteiger partial charge on any atom is 0.266 e. The van der Waals surface area contributed by atoms with Gasteiger partial charge in [0.1, 0.15) is 4.88 Å². The van der Waals surface area contributed by atoms with Crippen LogP contribution in [-0.2, 0) is 4.74 Å². The molecule has 2 fully saturated rings. The van der Waals surface area contributed by atoms with Crippen LogP contribution in [0, 0.1) is 5.92 Å². The second-order valence-electron chi connectivity index (χ2n) is 7.53. The predicted octanol–water partition coefficient (Wildman–Crippen LogP) is 2.58. The number of ether oxygens (including phenoxy) is 1. The molecule has 29 heavy (non-hydrogen) atoms. The Morgan fingerprint density at radius 2 is 1.97 bits per heavy atom. The van der Waals surface area contributed by atoms with Gasteiger partial charge in [0, 0.05) is 50.7 Å². The minimum absolute atomic E-state index is 0.0108. The van der Waals surface area contributed by atoms with Gasteiger partial charge in [-0.1, -0.05) is 0 Å². The average Bonchev–Trinajstić information content (AvgIpc) is 3.23. The molecule has 0 saturated carbocycles. The van der Waals surface area contributed by atoms with Gasteiger partial charge in [0.15, 0.2) is 0 Å². The third-order valence-electron chi connectivity index (χ3n) is 5.48. The Hall–Kier alpha value is -2.29. The summed E-state index contributed by atoms with van der Waals surface area (Å²) in [5.74, 6) is 0.265. The number of carbonyl (C=O) groups is 2. The molecule has 0 radical (unpaired) electrons. The Morgan fingerprint density at radius 3 is 2.76 bits per heavy atom. The average molecular weight is 415 g/mol. The molecule has 2 saturated heterocycles. The number of rotatable bonds is 5. The molecule has 2 aliphatic rings. The molecule has 0 aromatic carbocycles. The van der Waals surface area contributed by atoms with E-state index >= 15 is 0 Å². The number of nitrogens with zero attached hydrogens (tertiary/aromatic N) is 3. The molecular formula is C21H26N4O3S. The van der Waals surface area contributed by atoms with Crippen molar-refractivity contribution in [2.24, 2.45) is 5.92 Å². The van der Waals surface area contributed by atoms with Crippen molar-refractivity contribution in [1.82, 2.24) is 14.8 Å². The number of piperidine rings is 1. The number of morpholine rings is 1. The van der Waals surface area contributed by atoms with Crippen molar-refractivity contribution >= 4 is 28.8 Å². The zero-order valence-electron chi connectivity index (χ0n) is 16.4. The summed E-state index contributed by atoms with van der Waals surface area (Å²) in [6.45, 7) is 6.10. The maximum absolute atomic E-state index is 13.2. The maximum atomic E-state index is 13.2. The van der Waals surface area contributed by atoms with Gasteiger partial charge in [-0.15, -0.1) is 11.3 Å². The van der Waals surface area contributed by atoms with Gasteiger partial charge in [0.25, 0.3) is 11.8 Å². The van der Waals surface area contributed by atoms with Crippen molar-refractivity contribution in [3.8, 4) is 0 Å². The van der Waals surface area contributed by atoms with Crippen molar-refractivity contribution in [2.45, 2.75) is 12.8 Å². The Kier molecular flexibility index (Phi) is 6.53. The van der Waals surface area contributed by atoms with E-state index in [2.05, 4.69) is 15.2 Å². The van der Waals surface area contributed by atoms with E-state index in [4.69, 9.17) is 4.74 Å². The monoisotopic (exact) mass is 414 g/mol. The van der Waals surface area contributed by atoms with Gasteiger partial charge in [-0.3, -0.25) is 19.5 Å². The van der Waals surface area contributed by atoms with E-state index in [1.165, 1.54) is 11.3 Å². The van der Waals surface area contributed by atoms with E-state index in [1.54, 1.807) is 30.6 Å². The molecule has 1 unspecified atom stereocenters. The molecule has 0 bridgehead atoms. The molecule has 8 heteroatoms. The van der Waals surface area contributed by atoms with Crippen molar-refractivity contribution in [3.05, 3.63) is 46.4 Å². The second kappa shape index (κ2) is 9.47. The number of carbonyl (C=O) groups excluding carboxylic acids is 2. The molecule has 2 aliphatic heterocycles. The van der Waals surface area contributed by atoms with Crippen LogP contribution in [0.25, 0.3) is 0 Å². The molecule has 0 spiro atoms. The summed E-state index contributed by atoms with van der Waals surface area (Å²) < 4.78 is 5.43. The number of anilines is 1. The number of hydrogen-bond donors (Lipinski definition) is 1. The quantitative estimate of drug-likeness (QED) is 0.814. The van der Waals surface area contributed by atoms with Gasteiger partial charge < -0.3 is 15.0 Å². The summed E-state index contributed by atoms with van der Waals surface area (Å²) in [7, 11) is 0. The Labute approximate surface area is 174 Å². The van der Waals surface area contributed by atoms with Gasteiger partial charge in [0.2, 0.25) is 0 Å². The van der Waals surface area contributed by atoms with Gasteiger partial charge in [-0.05, 0) is 42.3 Å². The van der Waals surface area contributed by atoms with Crippen molar-refractivity contribution in [2.75, 3.05) is 51.3 Å². The SMILES string of the molecule is O=C(Nc1ccsc1C(=O)N1CCCC(CN2CCOCC2)C1)c1ccncc1. The number of pyridine rings is 1. The van der Waals surface area contributed by atoms with Crippen LogP contribution < -0.4 is 5.32 Å². The van der Waals surface area contributed by atoms with E-state index in [0.29, 0.717) is 22.0 Å². The minimum atomic E-state index is -0.233. The predicted molar refractivity (Wildman–Crippen MR) is 112 cm³/mol. The first-order valence-corrected chi connectivity index (χ1v) is 11.0. The van der Waals surface area contributed by atoms with Gasteiger partial charge in [0.05, 0.1) is 18.9 Å². The van der Waals surface area contributed by atoms with E-state index < -0.39 is 0 Å². The Bertz CT molecular complexity index is 835. The first kappa shape index (κ1) is 20.0. The molecule has 1 atom stereocenters. The third-order valence-corrected chi connectivity index (χ3v) is 6.38.